The van der Waals surface area contributed by atoms with Crippen molar-refractivity contribution >= 4 is 0 Å². The Balaban J connectivity index is 2.84. The molecule has 0 saturated heterocycles. The van der Waals surface area contributed by atoms with E-state index >= 15 is 0 Å². The van der Waals surface area contributed by atoms with Gasteiger partial charge >= 0.3 is 0 Å². The Bertz CT molecular complexity index is 424. The smallest absolute Gasteiger partial charge is 0.187 e. The molecule has 2 unspecified atom stereocenters. The summed E-state index contributed by atoms with van der Waals surface area (Å²) in [6.45, 7) is -0.286. The van der Waals surface area contributed by atoms with Gasteiger partial charge < -0.3 is 15.2 Å². The van der Waals surface area contributed by atoms with Gasteiger partial charge in [-0.15, -0.1) is 0 Å². The van der Waals surface area contributed by atoms with Crippen LogP contribution in [0.1, 0.15) is 11.7 Å². The van der Waals surface area contributed by atoms with Crippen LogP contribution in [0.4, 0.5) is 0 Å². The van der Waals surface area contributed by atoms with Gasteiger partial charge in [0.2, 0.25) is 0 Å². The summed E-state index contributed by atoms with van der Waals surface area (Å²) >= 11 is 0. The molecule has 0 aliphatic carbocycles. The average Bonchev–Trinajstić information content (AvgIpc) is 2.25. The number of aliphatic hydroxyl groups is 2. The number of nitrogens with one attached hydrogen (secondary N) is 1. The van der Waals surface area contributed by atoms with Crippen LogP contribution >= 0.6 is 0 Å². The van der Waals surface area contributed by atoms with Crippen LogP contribution < -0.4 is 5.43 Å². The van der Waals surface area contributed by atoms with Crippen molar-refractivity contribution in [2.24, 2.45) is 5.11 Å². The molecule has 0 aromatic carbocycles. The maximum Gasteiger partial charge on any atom is 0.187 e. The molecule has 0 aliphatic heterocycles. The Morgan fingerprint density at radius 3 is 2.93 bits per heavy atom. The molecule has 3 N–H and O–H groups in total. The molecule has 0 amide bonds. The highest BCUT2D eigenvalue weighted by atomic mass is 16.3. The van der Waals surface area contributed by atoms with E-state index in [1.807, 2.05) is 0 Å². The third kappa shape index (κ3) is 2.81. The van der Waals surface area contributed by atoms with Gasteiger partial charge in [-0.05, 0) is 5.53 Å². The van der Waals surface area contributed by atoms with Crippen LogP contribution in [0, 0.1) is 0 Å². The van der Waals surface area contributed by atoms with Crippen molar-refractivity contribution in [2.75, 3.05) is 6.54 Å². The standard InChI is InChI=1S/C8H10N4O3/c9-12-11-4-7(14)8(15)5-3-10-2-1-6(5)13/h1-3,7-8,14-15H,4H2,(H,10,13). The lowest BCUT2D eigenvalue weighted by atomic mass is 10.1. The molecule has 2 atom stereocenters. The summed E-state index contributed by atoms with van der Waals surface area (Å²) in [6, 6.07) is 1.23. The van der Waals surface area contributed by atoms with Gasteiger partial charge in [-0.2, -0.15) is 0 Å². The Morgan fingerprint density at radius 2 is 2.33 bits per heavy atom. The largest absolute Gasteiger partial charge is 0.390 e. The highest BCUT2D eigenvalue weighted by molar-refractivity contribution is 5.13. The number of aromatic nitrogens is 1. The molecule has 1 heterocycles. The third-order valence-corrected chi connectivity index (χ3v) is 1.87. The minimum Gasteiger partial charge on any atom is -0.390 e. The predicted octanol–water partition coefficient (Wildman–Crippen LogP) is 0.0795. The SMILES string of the molecule is [N-]=[N+]=NCC(O)C(O)c1c[nH]ccc1=O. The second-order valence-corrected chi connectivity index (χ2v) is 2.89. The number of H-pyrrole nitrogens is 1. The summed E-state index contributed by atoms with van der Waals surface area (Å²) in [5.74, 6) is 0. The molecule has 0 spiro atoms. The van der Waals surface area contributed by atoms with Crippen molar-refractivity contribution in [2.45, 2.75) is 12.2 Å². The normalized spacial score (nSPS) is 14.0. The van der Waals surface area contributed by atoms with Crippen LogP contribution in [-0.2, 0) is 0 Å². The van der Waals surface area contributed by atoms with Crippen LogP contribution in [0.3, 0.4) is 0 Å². The monoisotopic (exact) mass is 210 g/mol. The molecular weight excluding hydrogens is 200 g/mol. The van der Waals surface area contributed by atoms with Crippen molar-refractivity contribution in [3.05, 3.63) is 44.7 Å². The van der Waals surface area contributed by atoms with Crippen molar-refractivity contribution in [1.29, 1.82) is 0 Å². The van der Waals surface area contributed by atoms with Gasteiger partial charge in [0.25, 0.3) is 0 Å². The number of hydrogen-bond donors (Lipinski definition) is 3. The van der Waals surface area contributed by atoms with E-state index in [-0.39, 0.29) is 17.5 Å². The second-order valence-electron chi connectivity index (χ2n) is 2.89. The molecule has 0 aliphatic rings. The van der Waals surface area contributed by atoms with Gasteiger partial charge in [0.1, 0.15) is 6.10 Å². The Morgan fingerprint density at radius 1 is 1.60 bits per heavy atom. The maximum absolute atomic E-state index is 11.2. The Labute approximate surface area is 84.6 Å². The minimum atomic E-state index is -1.36. The highest BCUT2D eigenvalue weighted by Crippen LogP contribution is 2.12. The minimum absolute atomic E-state index is 0.0399. The topological polar surface area (TPSA) is 122 Å². The van der Waals surface area contributed by atoms with Crippen molar-refractivity contribution in [1.82, 2.24) is 4.98 Å². The van der Waals surface area contributed by atoms with E-state index in [0.29, 0.717) is 0 Å². The lowest BCUT2D eigenvalue weighted by Gasteiger charge is -2.14. The highest BCUT2D eigenvalue weighted by Gasteiger charge is 2.19. The van der Waals surface area contributed by atoms with E-state index in [2.05, 4.69) is 15.0 Å². The van der Waals surface area contributed by atoms with E-state index < -0.39 is 12.2 Å². The number of rotatable bonds is 4. The van der Waals surface area contributed by atoms with Gasteiger partial charge in [0, 0.05) is 28.9 Å². The lowest BCUT2D eigenvalue weighted by Crippen LogP contribution is -2.25. The summed E-state index contributed by atoms with van der Waals surface area (Å²) < 4.78 is 0. The van der Waals surface area contributed by atoms with Gasteiger partial charge in [-0.25, -0.2) is 0 Å². The summed E-state index contributed by atoms with van der Waals surface area (Å²) in [6.07, 6.45) is 0.0647. The van der Waals surface area contributed by atoms with E-state index in [9.17, 15) is 15.0 Å². The van der Waals surface area contributed by atoms with Gasteiger partial charge in [-0.1, -0.05) is 5.11 Å². The molecule has 15 heavy (non-hydrogen) atoms. The van der Waals surface area contributed by atoms with Gasteiger partial charge in [-0.3, -0.25) is 4.79 Å². The molecule has 1 aromatic heterocycles. The summed E-state index contributed by atoms with van der Waals surface area (Å²) in [5, 5.41) is 22.0. The molecule has 0 saturated carbocycles. The van der Waals surface area contributed by atoms with E-state index in [0.717, 1.165) is 0 Å². The molecule has 1 rings (SSSR count). The molecule has 0 radical (unpaired) electrons. The summed E-state index contributed by atoms with van der Waals surface area (Å²) in [4.78, 5) is 16.3. The molecule has 0 fully saturated rings. The van der Waals surface area contributed by atoms with Crippen LogP contribution in [0.2, 0.25) is 0 Å². The number of hydrogen-bond acceptors (Lipinski definition) is 4. The first kappa shape index (κ1) is 11.3. The van der Waals surface area contributed by atoms with Crippen LogP contribution in [-0.4, -0.2) is 27.8 Å². The van der Waals surface area contributed by atoms with Crippen LogP contribution in [0.15, 0.2) is 28.4 Å². The molecule has 80 valence electrons. The first-order valence-electron chi connectivity index (χ1n) is 4.21. The van der Waals surface area contributed by atoms with Crippen LogP contribution in [0.5, 0.6) is 0 Å². The van der Waals surface area contributed by atoms with Crippen molar-refractivity contribution in [3.63, 3.8) is 0 Å². The number of nitrogens with zero attached hydrogens (tertiary/aromatic N) is 3. The molecule has 7 heteroatoms. The fourth-order valence-corrected chi connectivity index (χ4v) is 1.09. The van der Waals surface area contributed by atoms with Gasteiger partial charge in [0.05, 0.1) is 12.6 Å². The van der Waals surface area contributed by atoms with E-state index in [1.165, 1.54) is 18.5 Å². The molecule has 0 bridgehead atoms. The zero-order chi connectivity index (χ0) is 11.3. The Hall–Kier alpha value is -1.82. The number of aromatic amines is 1. The second kappa shape index (κ2) is 5.16. The fraction of sp³-hybridized carbons (Fsp3) is 0.375. The average molecular weight is 210 g/mol. The zero-order valence-electron chi connectivity index (χ0n) is 7.74. The first-order valence-corrected chi connectivity index (χ1v) is 4.21. The summed E-state index contributed by atoms with van der Waals surface area (Å²) in [7, 11) is 0. The van der Waals surface area contributed by atoms with Crippen LogP contribution in [0.25, 0.3) is 10.4 Å². The number of aliphatic hydroxyl groups excluding tert-OH is 2. The number of pyridine rings is 1. The lowest BCUT2D eigenvalue weighted by molar-refractivity contribution is 0.0236. The molecular formula is C8H10N4O3. The first-order chi connectivity index (χ1) is 7.16. The summed E-state index contributed by atoms with van der Waals surface area (Å²) in [5.41, 5.74) is 7.67. The van der Waals surface area contributed by atoms with Crippen molar-refractivity contribution in [3.8, 4) is 0 Å². The van der Waals surface area contributed by atoms with E-state index in [4.69, 9.17) is 5.53 Å². The molecule has 7 nitrogen and oxygen atoms in total. The fourth-order valence-electron chi connectivity index (χ4n) is 1.09. The molecule has 1 aromatic rings. The van der Waals surface area contributed by atoms with E-state index in [1.54, 1.807) is 0 Å². The zero-order valence-corrected chi connectivity index (χ0v) is 7.74. The van der Waals surface area contributed by atoms with Crippen molar-refractivity contribution < 1.29 is 10.2 Å². The predicted molar refractivity (Wildman–Crippen MR) is 52.0 cm³/mol. The quantitative estimate of drug-likeness (QED) is 0.370. The third-order valence-electron chi connectivity index (χ3n) is 1.87. The van der Waals surface area contributed by atoms with Gasteiger partial charge in [0.15, 0.2) is 5.43 Å². The maximum atomic E-state index is 11.2. The number of azide groups is 1. The Kier molecular flexibility index (Phi) is 3.87.